The molecule has 1 aliphatic heterocycles. The first-order valence-electron chi connectivity index (χ1n) is 8.38. The van der Waals surface area contributed by atoms with Gasteiger partial charge in [-0.3, -0.25) is 0 Å². The Hall–Kier alpha value is -1.09. The molecule has 0 bridgehead atoms. The van der Waals surface area contributed by atoms with E-state index >= 15 is 0 Å². The molecule has 3 heteroatoms. The van der Waals surface area contributed by atoms with Gasteiger partial charge in [0.25, 0.3) is 0 Å². The number of rotatable bonds is 5. The van der Waals surface area contributed by atoms with Gasteiger partial charge in [0.1, 0.15) is 5.82 Å². The van der Waals surface area contributed by atoms with Crippen molar-refractivity contribution in [3.8, 4) is 0 Å². The van der Waals surface area contributed by atoms with Gasteiger partial charge in [-0.2, -0.15) is 0 Å². The zero-order valence-corrected chi connectivity index (χ0v) is 14.3. The summed E-state index contributed by atoms with van der Waals surface area (Å²) in [5.74, 6) is 3.46. The smallest absolute Gasteiger partial charge is 0.131 e. The molecular formula is C18H31N3. The van der Waals surface area contributed by atoms with E-state index < -0.39 is 0 Å². The second-order valence-electron chi connectivity index (χ2n) is 7.20. The lowest BCUT2D eigenvalue weighted by molar-refractivity contribution is 0.322. The van der Waals surface area contributed by atoms with Gasteiger partial charge in [0, 0.05) is 25.8 Å². The van der Waals surface area contributed by atoms with Gasteiger partial charge in [0.2, 0.25) is 0 Å². The number of aromatic nitrogens is 1. The number of hydrogen-bond acceptors (Lipinski definition) is 3. The lowest BCUT2D eigenvalue weighted by Gasteiger charge is -2.36. The van der Waals surface area contributed by atoms with Gasteiger partial charge in [-0.05, 0) is 54.8 Å². The maximum absolute atomic E-state index is 4.75. The summed E-state index contributed by atoms with van der Waals surface area (Å²) in [6.45, 7) is 15.6. The number of nitrogens with one attached hydrogen (secondary N) is 1. The van der Waals surface area contributed by atoms with Crippen LogP contribution in [0.4, 0.5) is 5.82 Å². The molecule has 1 aromatic rings. The van der Waals surface area contributed by atoms with E-state index in [1.807, 2.05) is 6.20 Å². The van der Waals surface area contributed by atoms with E-state index in [1.54, 1.807) is 0 Å². The summed E-state index contributed by atoms with van der Waals surface area (Å²) in [6, 6.07) is 2.29. The predicted octanol–water partition coefficient (Wildman–Crippen LogP) is 3.62. The molecule has 0 amide bonds. The molecule has 1 saturated heterocycles. The van der Waals surface area contributed by atoms with Gasteiger partial charge in [0.15, 0.2) is 0 Å². The summed E-state index contributed by atoms with van der Waals surface area (Å²) >= 11 is 0. The summed E-state index contributed by atoms with van der Waals surface area (Å²) < 4.78 is 0. The standard InChI is InChI=1S/C18H31N3/c1-13(2)9-19-10-17-8-15(4)18(20-11-17)21-7-6-14(3)16(5)12-21/h8,11,13-14,16,19H,6-7,9-10,12H2,1-5H3. The molecular weight excluding hydrogens is 258 g/mol. The van der Waals surface area contributed by atoms with E-state index in [4.69, 9.17) is 4.98 Å². The molecule has 1 fully saturated rings. The molecule has 2 atom stereocenters. The first kappa shape index (κ1) is 16.3. The second kappa shape index (κ2) is 7.26. The zero-order valence-electron chi connectivity index (χ0n) is 14.3. The van der Waals surface area contributed by atoms with Gasteiger partial charge in [-0.15, -0.1) is 0 Å². The van der Waals surface area contributed by atoms with Crippen LogP contribution in [0.5, 0.6) is 0 Å². The molecule has 0 aliphatic carbocycles. The largest absolute Gasteiger partial charge is 0.356 e. The second-order valence-corrected chi connectivity index (χ2v) is 7.20. The van der Waals surface area contributed by atoms with Crippen LogP contribution in [0.2, 0.25) is 0 Å². The average Bonchev–Trinajstić information content (AvgIpc) is 2.42. The van der Waals surface area contributed by atoms with Crippen molar-refractivity contribution in [2.24, 2.45) is 17.8 Å². The van der Waals surface area contributed by atoms with Crippen molar-refractivity contribution in [1.29, 1.82) is 0 Å². The molecule has 1 N–H and O–H groups in total. The highest BCUT2D eigenvalue weighted by molar-refractivity contribution is 5.47. The van der Waals surface area contributed by atoms with E-state index in [1.165, 1.54) is 23.4 Å². The van der Waals surface area contributed by atoms with Crippen LogP contribution >= 0.6 is 0 Å². The van der Waals surface area contributed by atoms with Crippen LogP contribution in [0.3, 0.4) is 0 Å². The maximum atomic E-state index is 4.75. The Balaban J connectivity index is 1.99. The van der Waals surface area contributed by atoms with Crippen LogP contribution < -0.4 is 10.2 Å². The Morgan fingerprint density at radius 2 is 2.10 bits per heavy atom. The molecule has 3 nitrogen and oxygen atoms in total. The molecule has 118 valence electrons. The fraction of sp³-hybridized carbons (Fsp3) is 0.722. The molecule has 0 saturated carbocycles. The van der Waals surface area contributed by atoms with Crippen molar-refractivity contribution in [2.75, 3.05) is 24.5 Å². The fourth-order valence-electron chi connectivity index (χ4n) is 3.01. The number of nitrogens with zero attached hydrogens (tertiary/aromatic N) is 2. The number of anilines is 1. The van der Waals surface area contributed by atoms with Crippen molar-refractivity contribution >= 4 is 5.82 Å². The SMILES string of the molecule is Cc1cc(CNCC(C)C)cnc1N1CCC(C)C(C)C1. The minimum absolute atomic E-state index is 0.690. The first-order chi connectivity index (χ1) is 9.97. The van der Waals surface area contributed by atoms with E-state index in [0.29, 0.717) is 5.92 Å². The lowest BCUT2D eigenvalue weighted by Crippen LogP contribution is -2.39. The molecule has 0 aromatic carbocycles. The summed E-state index contributed by atoms with van der Waals surface area (Å²) in [7, 11) is 0. The summed E-state index contributed by atoms with van der Waals surface area (Å²) in [5, 5.41) is 3.49. The van der Waals surface area contributed by atoms with Crippen molar-refractivity contribution in [1.82, 2.24) is 10.3 Å². The van der Waals surface area contributed by atoms with E-state index in [0.717, 1.165) is 38.0 Å². The molecule has 2 unspecified atom stereocenters. The van der Waals surface area contributed by atoms with Gasteiger partial charge in [0.05, 0.1) is 0 Å². The monoisotopic (exact) mass is 289 g/mol. The quantitative estimate of drug-likeness (QED) is 0.897. The summed E-state index contributed by atoms with van der Waals surface area (Å²) in [6.07, 6.45) is 3.32. The van der Waals surface area contributed by atoms with Crippen molar-refractivity contribution in [2.45, 2.75) is 47.6 Å². The van der Waals surface area contributed by atoms with Crippen molar-refractivity contribution in [3.05, 3.63) is 23.4 Å². The van der Waals surface area contributed by atoms with Gasteiger partial charge >= 0.3 is 0 Å². The van der Waals surface area contributed by atoms with Gasteiger partial charge in [-0.1, -0.05) is 27.7 Å². The maximum Gasteiger partial charge on any atom is 0.131 e. The van der Waals surface area contributed by atoms with Crippen LogP contribution in [0, 0.1) is 24.7 Å². The van der Waals surface area contributed by atoms with E-state index in [-0.39, 0.29) is 0 Å². The van der Waals surface area contributed by atoms with E-state index in [2.05, 4.69) is 50.9 Å². The summed E-state index contributed by atoms with van der Waals surface area (Å²) in [5.41, 5.74) is 2.59. The lowest BCUT2D eigenvalue weighted by atomic mass is 9.88. The first-order valence-corrected chi connectivity index (χ1v) is 8.38. The highest BCUT2D eigenvalue weighted by Gasteiger charge is 2.24. The van der Waals surface area contributed by atoms with E-state index in [9.17, 15) is 0 Å². The van der Waals surface area contributed by atoms with Crippen LogP contribution in [0.25, 0.3) is 0 Å². The third-order valence-corrected chi connectivity index (χ3v) is 4.62. The zero-order chi connectivity index (χ0) is 15.4. The van der Waals surface area contributed by atoms with Crippen LogP contribution in [0.1, 0.15) is 45.2 Å². The molecule has 2 rings (SSSR count). The number of piperidine rings is 1. The molecule has 0 spiro atoms. The highest BCUT2D eigenvalue weighted by Crippen LogP contribution is 2.27. The highest BCUT2D eigenvalue weighted by atomic mass is 15.2. The minimum Gasteiger partial charge on any atom is -0.356 e. The molecule has 0 radical (unpaired) electrons. The minimum atomic E-state index is 0.690. The Morgan fingerprint density at radius 1 is 1.33 bits per heavy atom. The summed E-state index contributed by atoms with van der Waals surface area (Å²) in [4.78, 5) is 7.21. The molecule has 21 heavy (non-hydrogen) atoms. The number of aryl methyl sites for hydroxylation is 1. The van der Waals surface area contributed by atoms with Crippen LogP contribution in [-0.2, 0) is 6.54 Å². The van der Waals surface area contributed by atoms with Gasteiger partial charge in [-0.25, -0.2) is 4.98 Å². The normalized spacial score (nSPS) is 22.9. The van der Waals surface area contributed by atoms with Crippen LogP contribution in [-0.4, -0.2) is 24.6 Å². The number of pyridine rings is 1. The van der Waals surface area contributed by atoms with Gasteiger partial charge < -0.3 is 10.2 Å². The topological polar surface area (TPSA) is 28.2 Å². The molecule has 1 aliphatic rings. The fourth-order valence-corrected chi connectivity index (χ4v) is 3.01. The molecule has 1 aromatic heterocycles. The Morgan fingerprint density at radius 3 is 2.71 bits per heavy atom. The number of hydrogen-bond donors (Lipinski definition) is 1. The van der Waals surface area contributed by atoms with Crippen molar-refractivity contribution < 1.29 is 0 Å². The third kappa shape index (κ3) is 4.44. The Bertz CT molecular complexity index is 456. The van der Waals surface area contributed by atoms with Crippen molar-refractivity contribution in [3.63, 3.8) is 0 Å². The average molecular weight is 289 g/mol. The Kier molecular flexibility index (Phi) is 5.63. The third-order valence-electron chi connectivity index (χ3n) is 4.62. The molecule has 2 heterocycles. The van der Waals surface area contributed by atoms with Crippen LogP contribution in [0.15, 0.2) is 12.3 Å². The Labute approximate surface area is 130 Å². The predicted molar refractivity (Wildman–Crippen MR) is 90.7 cm³/mol.